The minimum absolute atomic E-state index is 0.0385. The molecule has 39 heavy (non-hydrogen) atoms. The van der Waals surface area contributed by atoms with Crippen molar-refractivity contribution in [2.45, 2.75) is 64.8 Å². The first-order valence-corrected chi connectivity index (χ1v) is 13.2. The Morgan fingerprint density at radius 2 is 1.54 bits per heavy atom. The highest BCUT2D eigenvalue weighted by molar-refractivity contribution is 5.86. The Hall–Kier alpha value is -3.58. The molecule has 1 heterocycles. The van der Waals surface area contributed by atoms with Crippen LogP contribution < -0.4 is 21.7 Å². The topological polar surface area (TPSA) is 183 Å². The molecule has 1 aromatic rings. The van der Waals surface area contributed by atoms with Gasteiger partial charge in [-0.25, -0.2) is 4.79 Å². The van der Waals surface area contributed by atoms with Gasteiger partial charge in [-0.05, 0) is 18.9 Å². The number of nitrogens with two attached hydrogens (primary N) is 1. The summed E-state index contributed by atoms with van der Waals surface area (Å²) in [5.41, 5.74) is 5.60. The first-order valence-electron chi connectivity index (χ1n) is 13.2. The number of carbonyl (C=O) groups excluding carboxylic acids is 4. The van der Waals surface area contributed by atoms with Gasteiger partial charge in [-0.15, -0.1) is 0 Å². The molecule has 13 nitrogen and oxygen atoms in total. The number of carbonyl (C=O) groups is 4. The number of alkyl carbamates (subject to hydrolysis) is 1. The van der Waals surface area contributed by atoms with Crippen LogP contribution in [-0.2, 0) is 35.2 Å². The first kappa shape index (κ1) is 33.4. The molecule has 0 radical (unpaired) electrons. The summed E-state index contributed by atoms with van der Waals surface area (Å²) < 4.78 is 15.9. The minimum Gasteiger partial charge on any atom is -0.445 e. The summed E-state index contributed by atoms with van der Waals surface area (Å²) in [6.07, 6.45) is 0.158. The summed E-state index contributed by atoms with van der Waals surface area (Å²) in [5, 5.41) is 15.6. The third-order valence-electron chi connectivity index (χ3n) is 5.25. The van der Waals surface area contributed by atoms with Gasteiger partial charge in [-0.3, -0.25) is 14.4 Å². The number of nitrogens with one attached hydrogen (secondary N) is 3. The van der Waals surface area contributed by atoms with Crippen molar-refractivity contribution in [1.29, 1.82) is 0 Å². The lowest BCUT2D eigenvalue weighted by atomic mass is 10.1. The van der Waals surface area contributed by atoms with Gasteiger partial charge in [0.05, 0.1) is 26.4 Å². The fraction of sp³-hybridized carbons (Fsp3) is 0.615. The Balaban J connectivity index is 0.00000371. The smallest absolute Gasteiger partial charge is 0.408 e. The second-order valence-electron chi connectivity index (χ2n) is 8.55. The lowest BCUT2D eigenvalue weighted by molar-refractivity contribution is -0.124. The second-order valence-corrected chi connectivity index (χ2v) is 8.55. The SMILES string of the molecule is CC.CC1(CCC(=O)NCCOCCOCCNC(=O)C(CCC(N)=O)NC(=O)OCc2ccccc2)N=N1. The van der Waals surface area contributed by atoms with Crippen molar-refractivity contribution < 1.29 is 33.4 Å². The number of ether oxygens (including phenoxy) is 3. The van der Waals surface area contributed by atoms with E-state index in [1.165, 1.54) is 0 Å². The van der Waals surface area contributed by atoms with E-state index in [9.17, 15) is 19.2 Å². The molecule has 4 amide bonds. The Bertz CT molecular complexity index is 907. The highest BCUT2D eigenvalue weighted by Crippen LogP contribution is 2.31. The highest BCUT2D eigenvalue weighted by atomic mass is 16.5. The zero-order chi connectivity index (χ0) is 28.9. The normalized spacial score (nSPS) is 13.3. The van der Waals surface area contributed by atoms with Crippen LogP contribution in [0.25, 0.3) is 0 Å². The van der Waals surface area contributed by atoms with Crippen molar-refractivity contribution in [3.63, 3.8) is 0 Å². The maximum Gasteiger partial charge on any atom is 0.408 e. The Morgan fingerprint density at radius 1 is 0.923 bits per heavy atom. The average Bonchev–Trinajstić information content (AvgIpc) is 3.68. The van der Waals surface area contributed by atoms with Gasteiger partial charge < -0.3 is 35.9 Å². The van der Waals surface area contributed by atoms with Crippen LogP contribution in [0.4, 0.5) is 4.79 Å². The van der Waals surface area contributed by atoms with E-state index < -0.39 is 23.9 Å². The van der Waals surface area contributed by atoms with Gasteiger partial charge in [-0.1, -0.05) is 44.2 Å². The Labute approximate surface area is 229 Å². The molecule has 0 aromatic heterocycles. The third-order valence-corrected chi connectivity index (χ3v) is 5.25. The van der Waals surface area contributed by atoms with Crippen molar-refractivity contribution in [2.24, 2.45) is 16.0 Å². The summed E-state index contributed by atoms with van der Waals surface area (Å²) in [4.78, 5) is 47.4. The van der Waals surface area contributed by atoms with Gasteiger partial charge in [-0.2, -0.15) is 10.2 Å². The molecule has 1 aliphatic rings. The number of rotatable bonds is 19. The van der Waals surface area contributed by atoms with E-state index in [2.05, 4.69) is 26.2 Å². The largest absolute Gasteiger partial charge is 0.445 e. The Morgan fingerprint density at radius 3 is 2.13 bits per heavy atom. The molecule has 2 rings (SSSR count). The molecule has 1 unspecified atom stereocenters. The van der Waals surface area contributed by atoms with E-state index in [1.54, 1.807) is 12.1 Å². The summed E-state index contributed by atoms with van der Waals surface area (Å²) in [7, 11) is 0. The fourth-order valence-electron chi connectivity index (χ4n) is 3.04. The van der Waals surface area contributed by atoms with E-state index in [0.29, 0.717) is 39.2 Å². The predicted molar refractivity (Wildman–Crippen MR) is 143 cm³/mol. The van der Waals surface area contributed by atoms with Crippen LogP contribution in [0.5, 0.6) is 0 Å². The zero-order valence-electron chi connectivity index (χ0n) is 23.1. The van der Waals surface area contributed by atoms with Crippen LogP contribution in [0.15, 0.2) is 40.6 Å². The summed E-state index contributed by atoms with van der Waals surface area (Å²) >= 11 is 0. The van der Waals surface area contributed by atoms with Gasteiger partial charge in [0.2, 0.25) is 17.7 Å². The van der Waals surface area contributed by atoms with Crippen molar-refractivity contribution in [3.05, 3.63) is 35.9 Å². The molecule has 0 saturated heterocycles. The van der Waals surface area contributed by atoms with E-state index in [0.717, 1.165) is 5.56 Å². The standard InChI is InChI=1S/C24H36N6O7.C2H6/c1-24(29-30-24)10-9-21(32)26-11-13-35-15-16-36-14-12-27-22(33)19(7-8-20(25)31)28-23(34)37-17-18-5-3-2-4-6-18;1-2/h2-6,19H,7-17H2,1H3,(H2,25,31)(H,26,32)(H,27,33)(H,28,34);1-2H3. The molecule has 5 N–H and O–H groups in total. The summed E-state index contributed by atoms with van der Waals surface area (Å²) in [6.45, 7) is 7.72. The predicted octanol–water partition coefficient (Wildman–Crippen LogP) is 1.80. The van der Waals surface area contributed by atoms with Gasteiger partial charge in [0.15, 0.2) is 5.66 Å². The van der Waals surface area contributed by atoms with Crippen LogP contribution in [-0.4, -0.2) is 75.0 Å². The fourth-order valence-corrected chi connectivity index (χ4v) is 3.04. The first-order chi connectivity index (χ1) is 18.8. The van der Waals surface area contributed by atoms with E-state index in [-0.39, 0.29) is 44.2 Å². The van der Waals surface area contributed by atoms with E-state index >= 15 is 0 Å². The molecule has 0 fully saturated rings. The van der Waals surface area contributed by atoms with Crippen LogP contribution in [0, 0.1) is 0 Å². The molecule has 13 heteroatoms. The molecule has 218 valence electrons. The van der Waals surface area contributed by atoms with Gasteiger partial charge >= 0.3 is 6.09 Å². The molecule has 1 aromatic carbocycles. The highest BCUT2D eigenvalue weighted by Gasteiger charge is 2.33. The quantitative estimate of drug-likeness (QED) is 0.189. The molecule has 0 aliphatic carbocycles. The molecular weight excluding hydrogens is 508 g/mol. The number of hydrogen-bond donors (Lipinski definition) is 4. The number of nitrogens with zero attached hydrogens (tertiary/aromatic N) is 2. The van der Waals surface area contributed by atoms with Crippen LogP contribution in [0.3, 0.4) is 0 Å². The molecule has 0 saturated carbocycles. The van der Waals surface area contributed by atoms with Crippen molar-refractivity contribution >= 4 is 23.8 Å². The third kappa shape index (κ3) is 16.8. The monoisotopic (exact) mass is 550 g/mol. The molecule has 1 aliphatic heterocycles. The van der Waals surface area contributed by atoms with E-state index in [4.69, 9.17) is 19.9 Å². The molecule has 0 bridgehead atoms. The number of hydrogen-bond acceptors (Lipinski definition) is 9. The van der Waals surface area contributed by atoms with Crippen LogP contribution in [0.1, 0.15) is 52.0 Å². The van der Waals surface area contributed by atoms with Crippen LogP contribution in [0.2, 0.25) is 0 Å². The lowest BCUT2D eigenvalue weighted by Crippen LogP contribution is -2.48. The van der Waals surface area contributed by atoms with Crippen molar-refractivity contribution in [1.82, 2.24) is 16.0 Å². The van der Waals surface area contributed by atoms with Gasteiger partial charge in [0, 0.05) is 32.4 Å². The van der Waals surface area contributed by atoms with Gasteiger partial charge in [0.25, 0.3) is 0 Å². The number of benzene rings is 1. The number of primary amides is 1. The zero-order valence-corrected chi connectivity index (χ0v) is 23.1. The summed E-state index contributed by atoms with van der Waals surface area (Å²) in [5.74, 6) is -1.13. The van der Waals surface area contributed by atoms with Gasteiger partial charge in [0.1, 0.15) is 12.6 Å². The summed E-state index contributed by atoms with van der Waals surface area (Å²) in [6, 6.07) is 8.11. The average molecular weight is 551 g/mol. The van der Waals surface area contributed by atoms with Crippen molar-refractivity contribution in [2.75, 3.05) is 39.5 Å². The molecule has 1 atom stereocenters. The molecule has 0 spiro atoms. The second kappa shape index (κ2) is 19.5. The molecular formula is C26H42N6O7. The van der Waals surface area contributed by atoms with Crippen molar-refractivity contribution in [3.8, 4) is 0 Å². The maximum absolute atomic E-state index is 12.5. The van der Waals surface area contributed by atoms with E-state index in [1.807, 2.05) is 39.0 Å². The minimum atomic E-state index is -0.981. The number of amides is 4. The maximum atomic E-state index is 12.5. The van der Waals surface area contributed by atoms with Crippen LogP contribution >= 0.6 is 0 Å². The Kier molecular flexibility index (Phi) is 16.7. The lowest BCUT2D eigenvalue weighted by Gasteiger charge is -2.18.